The van der Waals surface area contributed by atoms with E-state index in [1.54, 1.807) is 14.2 Å². The standard InChI is InChI=1S/C11H15NO3/c1-8-6-11(15-3)9(12-4-5-13)7-10(8)14-2/h5-7,12H,4H2,1-3H3. The Morgan fingerprint density at radius 3 is 2.47 bits per heavy atom. The van der Waals surface area contributed by atoms with Crippen molar-refractivity contribution in [1.82, 2.24) is 0 Å². The summed E-state index contributed by atoms with van der Waals surface area (Å²) in [5, 5.41) is 2.94. The van der Waals surface area contributed by atoms with Crippen LogP contribution in [0.5, 0.6) is 11.5 Å². The van der Waals surface area contributed by atoms with Gasteiger partial charge in [0.25, 0.3) is 0 Å². The minimum absolute atomic E-state index is 0.253. The van der Waals surface area contributed by atoms with Crippen LogP contribution in [0.4, 0.5) is 5.69 Å². The van der Waals surface area contributed by atoms with Gasteiger partial charge in [-0.15, -0.1) is 0 Å². The van der Waals surface area contributed by atoms with Gasteiger partial charge in [-0.05, 0) is 18.6 Å². The summed E-state index contributed by atoms with van der Waals surface area (Å²) in [6.07, 6.45) is 0.797. The molecule has 0 saturated heterocycles. The molecule has 0 aliphatic heterocycles. The number of nitrogens with one attached hydrogen (secondary N) is 1. The molecule has 0 saturated carbocycles. The molecule has 1 aromatic carbocycles. The van der Waals surface area contributed by atoms with Crippen LogP contribution < -0.4 is 14.8 Å². The number of ether oxygens (including phenoxy) is 2. The van der Waals surface area contributed by atoms with Gasteiger partial charge < -0.3 is 19.6 Å². The quantitative estimate of drug-likeness (QED) is 0.749. The number of benzene rings is 1. The zero-order chi connectivity index (χ0) is 11.3. The molecule has 4 nitrogen and oxygen atoms in total. The Hall–Kier alpha value is -1.71. The maximum atomic E-state index is 10.3. The van der Waals surface area contributed by atoms with E-state index < -0.39 is 0 Å². The molecule has 4 heteroatoms. The normalized spacial score (nSPS) is 9.53. The van der Waals surface area contributed by atoms with Gasteiger partial charge in [-0.3, -0.25) is 0 Å². The van der Waals surface area contributed by atoms with E-state index in [0.717, 1.165) is 23.3 Å². The first-order valence-corrected chi connectivity index (χ1v) is 4.63. The van der Waals surface area contributed by atoms with Crippen LogP contribution in [0.1, 0.15) is 5.56 Å². The minimum Gasteiger partial charge on any atom is -0.496 e. The van der Waals surface area contributed by atoms with Crippen molar-refractivity contribution in [3.8, 4) is 11.5 Å². The number of aryl methyl sites for hydroxylation is 1. The summed E-state index contributed by atoms with van der Waals surface area (Å²) in [6.45, 7) is 2.19. The second-order valence-corrected chi connectivity index (χ2v) is 3.07. The smallest absolute Gasteiger partial charge is 0.142 e. The van der Waals surface area contributed by atoms with Crippen molar-refractivity contribution in [2.75, 3.05) is 26.1 Å². The number of rotatable bonds is 5. The molecule has 1 aromatic rings. The first-order valence-electron chi connectivity index (χ1n) is 4.63. The van der Waals surface area contributed by atoms with Gasteiger partial charge in [0, 0.05) is 6.07 Å². The number of methoxy groups -OCH3 is 2. The summed E-state index contributed by atoms with van der Waals surface area (Å²) in [6, 6.07) is 3.68. The Morgan fingerprint density at radius 1 is 1.27 bits per heavy atom. The van der Waals surface area contributed by atoms with Gasteiger partial charge in [0.05, 0.1) is 26.5 Å². The van der Waals surface area contributed by atoms with E-state index in [9.17, 15) is 4.79 Å². The molecule has 0 bridgehead atoms. The molecule has 0 fully saturated rings. The first-order chi connectivity index (χ1) is 7.22. The third kappa shape index (κ3) is 2.62. The first kappa shape index (κ1) is 11.4. The highest BCUT2D eigenvalue weighted by Crippen LogP contribution is 2.31. The molecular formula is C11H15NO3. The third-order valence-electron chi connectivity index (χ3n) is 2.09. The topological polar surface area (TPSA) is 47.6 Å². The summed E-state index contributed by atoms with van der Waals surface area (Å²) < 4.78 is 10.4. The van der Waals surface area contributed by atoms with Crippen LogP contribution in [0.25, 0.3) is 0 Å². The summed E-state index contributed by atoms with van der Waals surface area (Å²) >= 11 is 0. The number of carbonyl (C=O) groups excluding carboxylic acids is 1. The number of aldehydes is 1. The van der Waals surface area contributed by atoms with Gasteiger partial charge in [0.1, 0.15) is 17.8 Å². The lowest BCUT2D eigenvalue weighted by Crippen LogP contribution is -2.04. The molecule has 0 aliphatic rings. The highest BCUT2D eigenvalue weighted by atomic mass is 16.5. The Morgan fingerprint density at radius 2 is 1.93 bits per heavy atom. The van der Waals surface area contributed by atoms with E-state index in [4.69, 9.17) is 9.47 Å². The van der Waals surface area contributed by atoms with E-state index in [2.05, 4.69) is 5.32 Å². The number of hydrogen-bond donors (Lipinski definition) is 1. The summed E-state index contributed by atoms with van der Waals surface area (Å²) in [5.41, 5.74) is 1.75. The molecule has 0 radical (unpaired) electrons. The van der Waals surface area contributed by atoms with E-state index >= 15 is 0 Å². The van der Waals surface area contributed by atoms with Gasteiger partial charge in [-0.2, -0.15) is 0 Å². The van der Waals surface area contributed by atoms with E-state index in [0.29, 0.717) is 5.75 Å². The molecule has 1 N–H and O–H groups in total. The second kappa shape index (κ2) is 5.24. The summed E-state index contributed by atoms with van der Waals surface area (Å²) in [7, 11) is 3.20. The van der Waals surface area contributed by atoms with E-state index in [1.807, 2.05) is 19.1 Å². The van der Waals surface area contributed by atoms with Crippen LogP contribution in [-0.4, -0.2) is 27.1 Å². The highest BCUT2D eigenvalue weighted by molar-refractivity contribution is 5.66. The lowest BCUT2D eigenvalue weighted by atomic mass is 10.2. The fourth-order valence-corrected chi connectivity index (χ4v) is 1.34. The Labute approximate surface area is 89.2 Å². The number of carbonyl (C=O) groups is 1. The van der Waals surface area contributed by atoms with Crippen molar-refractivity contribution in [3.63, 3.8) is 0 Å². The summed E-state index contributed by atoms with van der Waals surface area (Å²) in [4.78, 5) is 10.3. The number of hydrogen-bond acceptors (Lipinski definition) is 4. The lowest BCUT2D eigenvalue weighted by molar-refractivity contribution is -0.106. The minimum atomic E-state index is 0.253. The average Bonchev–Trinajstić information content (AvgIpc) is 2.26. The third-order valence-corrected chi connectivity index (χ3v) is 2.09. The maximum absolute atomic E-state index is 10.3. The number of anilines is 1. The molecule has 0 aliphatic carbocycles. The van der Waals surface area contributed by atoms with Gasteiger partial charge in [-0.25, -0.2) is 0 Å². The van der Waals surface area contributed by atoms with Crippen LogP contribution in [0.3, 0.4) is 0 Å². The predicted octanol–water partition coefficient (Wildman–Crippen LogP) is 1.62. The molecular weight excluding hydrogens is 194 g/mol. The average molecular weight is 209 g/mol. The zero-order valence-corrected chi connectivity index (χ0v) is 9.16. The van der Waals surface area contributed by atoms with Crippen LogP contribution in [0, 0.1) is 6.92 Å². The molecule has 15 heavy (non-hydrogen) atoms. The van der Waals surface area contributed by atoms with Crippen molar-refractivity contribution < 1.29 is 14.3 Å². The summed E-state index contributed by atoms with van der Waals surface area (Å²) in [5.74, 6) is 1.47. The monoisotopic (exact) mass is 209 g/mol. The predicted molar refractivity (Wildman–Crippen MR) is 58.8 cm³/mol. The Balaban J connectivity index is 3.04. The van der Waals surface area contributed by atoms with E-state index in [-0.39, 0.29) is 6.54 Å². The van der Waals surface area contributed by atoms with Crippen LogP contribution in [0.15, 0.2) is 12.1 Å². The molecule has 1 rings (SSSR count). The van der Waals surface area contributed by atoms with Crippen LogP contribution >= 0.6 is 0 Å². The van der Waals surface area contributed by atoms with Crippen molar-refractivity contribution in [1.29, 1.82) is 0 Å². The van der Waals surface area contributed by atoms with Gasteiger partial charge in [0.15, 0.2) is 0 Å². The largest absolute Gasteiger partial charge is 0.496 e. The highest BCUT2D eigenvalue weighted by Gasteiger charge is 2.07. The molecule has 0 amide bonds. The van der Waals surface area contributed by atoms with Gasteiger partial charge in [-0.1, -0.05) is 0 Å². The van der Waals surface area contributed by atoms with Gasteiger partial charge >= 0.3 is 0 Å². The van der Waals surface area contributed by atoms with Crippen LogP contribution in [0.2, 0.25) is 0 Å². The van der Waals surface area contributed by atoms with Crippen molar-refractivity contribution >= 4 is 12.0 Å². The Bertz CT molecular complexity index is 350. The maximum Gasteiger partial charge on any atom is 0.142 e. The Kier molecular flexibility index (Phi) is 3.97. The molecule has 0 atom stereocenters. The zero-order valence-electron chi connectivity index (χ0n) is 9.16. The molecule has 0 unspecified atom stereocenters. The van der Waals surface area contributed by atoms with Crippen molar-refractivity contribution in [2.24, 2.45) is 0 Å². The molecule has 0 spiro atoms. The lowest BCUT2D eigenvalue weighted by Gasteiger charge is -2.13. The molecule has 0 heterocycles. The molecule has 0 aromatic heterocycles. The van der Waals surface area contributed by atoms with Crippen LogP contribution in [-0.2, 0) is 4.79 Å². The fraction of sp³-hybridized carbons (Fsp3) is 0.364. The fourth-order valence-electron chi connectivity index (χ4n) is 1.34. The van der Waals surface area contributed by atoms with E-state index in [1.165, 1.54) is 0 Å². The molecule has 82 valence electrons. The SMILES string of the molecule is COc1cc(NCC=O)c(OC)cc1C. The second-order valence-electron chi connectivity index (χ2n) is 3.07. The van der Waals surface area contributed by atoms with Crippen molar-refractivity contribution in [3.05, 3.63) is 17.7 Å². The van der Waals surface area contributed by atoms with Gasteiger partial charge in [0.2, 0.25) is 0 Å². The van der Waals surface area contributed by atoms with Crippen molar-refractivity contribution in [2.45, 2.75) is 6.92 Å².